The van der Waals surface area contributed by atoms with Crippen molar-refractivity contribution in [2.24, 2.45) is 0 Å². The van der Waals surface area contributed by atoms with E-state index in [1.165, 1.54) is 0 Å². The summed E-state index contributed by atoms with van der Waals surface area (Å²) in [5, 5.41) is 18.7. The Hall–Kier alpha value is -0.610. The van der Waals surface area contributed by atoms with Crippen LogP contribution in [0.4, 0.5) is 0 Å². The van der Waals surface area contributed by atoms with Crippen LogP contribution in [0.3, 0.4) is 0 Å². The predicted octanol–water partition coefficient (Wildman–Crippen LogP) is 1.24. The lowest BCUT2D eigenvalue weighted by Crippen LogP contribution is -2.28. The fraction of sp³-hybridized carbons (Fsp3) is 0.909. The van der Waals surface area contributed by atoms with E-state index in [-0.39, 0.29) is 18.8 Å². The molecule has 0 spiro atoms. The van der Waals surface area contributed by atoms with Crippen molar-refractivity contribution < 1.29 is 19.7 Å². The van der Waals surface area contributed by atoms with Gasteiger partial charge in [-0.3, -0.25) is 4.79 Å². The Kier molecular flexibility index (Phi) is 5.83. The van der Waals surface area contributed by atoms with E-state index in [0.717, 1.165) is 0 Å². The van der Waals surface area contributed by atoms with Crippen LogP contribution in [0.5, 0.6) is 0 Å². The average Bonchev–Trinajstić information content (AvgIpc) is 2.10. The SMILES string of the molecule is CC[C@@H](O)[C@H](O)CCC(=O)OC(C)(C)C. The van der Waals surface area contributed by atoms with Crippen molar-refractivity contribution in [3.05, 3.63) is 0 Å². The van der Waals surface area contributed by atoms with E-state index in [9.17, 15) is 15.0 Å². The summed E-state index contributed by atoms with van der Waals surface area (Å²) in [6.45, 7) is 7.16. The van der Waals surface area contributed by atoms with Crippen molar-refractivity contribution in [3.63, 3.8) is 0 Å². The van der Waals surface area contributed by atoms with Crippen LogP contribution in [0.15, 0.2) is 0 Å². The molecule has 0 radical (unpaired) electrons. The molecule has 0 heterocycles. The zero-order valence-electron chi connectivity index (χ0n) is 9.99. The first-order valence-corrected chi connectivity index (χ1v) is 5.34. The van der Waals surface area contributed by atoms with Crippen molar-refractivity contribution in [2.45, 2.75) is 64.8 Å². The molecule has 15 heavy (non-hydrogen) atoms. The molecule has 0 aromatic rings. The minimum Gasteiger partial charge on any atom is -0.460 e. The topological polar surface area (TPSA) is 66.8 Å². The fourth-order valence-electron chi connectivity index (χ4n) is 1.12. The summed E-state index contributed by atoms with van der Waals surface area (Å²) in [5.74, 6) is -0.343. The fourth-order valence-corrected chi connectivity index (χ4v) is 1.12. The van der Waals surface area contributed by atoms with Crippen molar-refractivity contribution in [1.82, 2.24) is 0 Å². The van der Waals surface area contributed by atoms with Gasteiger partial charge in [-0.2, -0.15) is 0 Å². The highest BCUT2D eigenvalue weighted by Crippen LogP contribution is 2.11. The Labute approximate surface area is 91.3 Å². The van der Waals surface area contributed by atoms with Gasteiger partial charge in [-0.1, -0.05) is 6.92 Å². The van der Waals surface area contributed by atoms with Crippen LogP contribution in [-0.2, 0) is 9.53 Å². The third-order valence-corrected chi connectivity index (χ3v) is 1.93. The van der Waals surface area contributed by atoms with E-state index in [1.807, 2.05) is 0 Å². The first-order valence-electron chi connectivity index (χ1n) is 5.34. The van der Waals surface area contributed by atoms with Gasteiger partial charge in [0, 0.05) is 6.42 Å². The van der Waals surface area contributed by atoms with Gasteiger partial charge in [-0.25, -0.2) is 0 Å². The smallest absolute Gasteiger partial charge is 0.306 e. The van der Waals surface area contributed by atoms with E-state index in [4.69, 9.17) is 4.74 Å². The van der Waals surface area contributed by atoms with Crippen molar-refractivity contribution in [2.75, 3.05) is 0 Å². The lowest BCUT2D eigenvalue weighted by molar-refractivity contribution is -0.155. The Morgan fingerprint density at radius 1 is 1.27 bits per heavy atom. The van der Waals surface area contributed by atoms with E-state index in [1.54, 1.807) is 27.7 Å². The molecular weight excluding hydrogens is 196 g/mol. The molecule has 4 nitrogen and oxygen atoms in total. The molecule has 0 aliphatic carbocycles. The molecule has 90 valence electrons. The molecule has 2 N–H and O–H groups in total. The zero-order chi connectivity index (χ0) is 12.1. The van der Waals surface area contributed by atoms with Crippen LogP contribution < -0.4 is 0 Å². The van der Waals surface area contributed by atoms with E-state index >= 15 is 0 Å². The molecule has 0 rings (SSSR count). The summed E-state index contributed by atoms with van der Waals surface area (Å²) < 4.78 is 5.07. The summed E-state index contributed by atoms with van der Waals surface area (Å²) in [5.41, 5.74) is -0.495. The molecule has 0 fully saturated rings. The molecule has 2 atom stereocenters. The summed E-state index contributed by atoms with van der Waals surface area (Å²) >= 11 is 0. The first-order chi connectivity index (χ1) is 6.76. The van der Waals surface area contributed by atoms with Gasteiger partial charge in [0.15, 0.2) is 0 Å². The van der Waals surface area contributed by atoms with Gasteiger partial charge >= 0.3 is 5.97 Å². The third-order valence-electron chi connectivity index (χ3n) is 1.93. The van der Waals surface area contributed by atoms with Gasteiger partial charge in [-0.05, 0) is 33.6 Å². The van der Waals surface area contributed by atoms with Crippen LogP contribution in [0, 0.1) is 0 Å². The van der Waals surface area contributed by atoms with Crippen LogP contribution in [-0.4, -0.2) is 34.0 Å². The average molecular weight is 218 g/mol. The minimum atomic E-state index is -0.845. The van der Waals surface area contributed by atoms with E-state index in [2.05, 4.69) is 0 Å². The third kappa shape index (κ3) is 7.33. The zero-order valence-corrected chi connectivity index (χ0v) is 9.99. The molecular formula is C11H22O4. The number of hydrogen-bond donors (Lipinski definition) is 2. The highest BCUT2D eigenvalue weighted by atomic mass is 16.6. The lowest BCUT2D eigenvalue weighted by atomic mass is 10.1. The minimum absolute atomic E-state index is 0.134. The second-order valence-corrected chi connectivity index (χ2v) is 4.67. The second kappa shape index (κ2) is 6.08. The number of rotatable bonds is 5. The number of aliphatic hydroxyl groups excluding tert-OH is 2. The van der Waals surface area contributed by atoms with Crippen LogP contribution in [0.2, 0.25) is 0 Å². The summed E-state index contributed by atoms with van der Waals surface area (Å²) in [4.78, 5) is 11.3. The molecule has 4 heteroatoms. The first kappa shape index (κ1) is 14.4. The second-order valence-electron chi connectivity index (χ2n) is 4.67. The molecule has 0 unspecified atom stereocenters. The predicted molar refractivity (Wildman–Crippen MR) is 57.4 cm³/mol. The highest BCUT2D eigenvalue weighted by Gasteiger charge is 2.19. The standard InChI is InChI=1S/C11H22O4/c1-5-8(12)9(13)6-7-10(14)15-11(2,3)4/h8-9,12-13H,5-7H2,1-4H3/t8-,9-/m1/s1. The number of carbonyl (C=O) groups is 1. The van der Waals surface area contributed by atoms with Gasteiger partial charge in [0.05, 0.1) is 12.2 Å². The number of aliphatic hydroxyl groups is 2. The Balaban J connectivity index is 3.81. The lowest BCUT2D eigenvalue weighted by Gasteiger charge is -2.20. The Morgan fingerprint density at radius 3 is 2.20 bits per heavy atom. The molecule has 0 aliphatic heterocycles. The molecule has 0 saturated carbocycles. The van der Waals surface area contributed by atoms with Crippen LogP contribution >= 0.6 is 0 Å². The summed E-state index contributed by atoms with van der Waals surface area (Å²) in [6, 6.07) is 0. The number of carbonyl (C=O) groups excluding carboxylic acids is 1. The molecule has 0 bridgehead atoms. The van der Waals surface area contributed by atoms with Gasteiger partial charge < -0.3 is 14.9 Å². The highest BCUT2D eigenvalue weighted by molar-refractivity contribution is 5.69. The van der Waals surface area contributed by atoms with Crippen LogP contribution in [0.1, 0.15) is 47.0 Å². The molecule has 0 aromatic heterocycles. The number of esters is 1. The summed E-state index contributed by atoms with van der Waals surface area (Å²) in [6.07, 6.45) is -0.746. The molecule has 0 aliphatic rings. The molecule has 0 aromatic carbocycles. The number of hydrogen-bond acceptors (Lipinski definition) is 4. The summed E-state index contributed by atoms with van der Waals surface area (Å²) in [7, 11) is 0. The van der Waals surface area contributed by atoms with E-state index < -0.39 is 17.8 Å². The molecule has 0 amide bonds. The van der Waals surface area contributed by atoms with Crippen LogP contribution in [0.25, 0.3) is 0 Å². The normalized spacial score (nSPS) is 15.9. The monoisotopic (exact) mass is 218 g/mol. The van der Waals surface area contributed by atoms with Crippen molar-refractivity contribution >= 4 is 5.97 Å². The molecule has 0 saturated heterocycles. The quantitative estimate of drug-likeness (QED) is 0.681. The van der Waals surface area contributed by atoms with Gasteiger partial charge in [0.25, 0.3) is 0 Å². The van der Waals surface area contributed by atoms with Gasteiger partial charge in [-0.15, -0.1) is 0 Å². The Morgan fingerprint density at radius 2 is 1.80 bits per heavy atom. The van der Waals surface area contributed by atoms with Gasteiger partial charge in [0.2, 0.25) is 0 Å². The van der Waals surface area contributed by atoms with Crippen molar-refractivity contribution in [1.29, 1.82) is 0 Å². The van der Waals surface area contributed by atoms with Crippen molar-refractivity contribution in [3.8, 4) is 0 Å². The largest absolute Gasteiger partial charge is 0.460 e. The van der Waals surface area contributed by atoms with E-state index in [0.29, 0.717) is 6.42 Å². The maximum atomic E-state index is 11.3. The number of ether oxygens (including phenoxy) is 1. The Bertz CT molecular complexity index is 195. The maximum absolute atomic E-state index is 11.3. The maximum Gasteiger partial charge on any atom is 0.306 e. The van der Waals surface area contributed by atoms with Gasteiger partial charge in [0.1, 0.15) is 5.60 Å².